The summed E-state index contributed by atoms with van der Waals surface area (Å²) in [5.41, 5.74) is 0.0998. The Morgan fingerprint density at radius 1 is 1.47 bits per heavy atom. The highest BCUT2D eigenvalue weighted by Crippen LogP contribution is 2.45. The first-order valence-electron chi connectivity index (χ1n) is 6.62. The highest BCUT2D eigenvalue weighted by Gasteiger charge is 2.38. The third kappa shape index (κ3) is 2.63. The van der Waals surface area contributed by atoms with Crippen LogP contribution in [-0.4, -0.2) is 23.3 Å². The standard InChI is InChI=1S/C13H16N2O3S/c1-8(16)12-6-11(15(17)18)13(19-12)14(10-4-5-10)7-9-2-3-9/h6,9-10H,2-5,7H2,1H3. The largest absolute Gasteiger partial charge is 0.355 e. The molecule has 0 spiro atoms. The van der Waals surface area contributed by atoms with Crippen molar-refractivity contribution in [3.63, 3.8) is 0 Å². The van der Waals surface area contributed by atoms with E-state index in [0.717, 1.165) is 19.4 Å². The van der Waals surface area contributed by atoms with E-state index < -0.39 is 0 Å². The number of carbonyl (C=O) groups excluding carboxylic acids is 1. The lowest BCUT2D eigenvalue weighted by Gasteiger charge is -2.21. The van der Waals surface area contributed by atoms with E-state index in [1.807, 2.05) is 0 Å². The fraction of sp³-hybridized carbons (Fsp3) is 0.615. The van der Waals surface area contributed by atoms with E-state index in [-0.39, 0.29) is 16.4 Å². The molecule has 19 heavy (non-hydrogen) atoms. The highest BCUT2D eigenvalue weighted by molar-refractivity contribution is 7.18. The van der Waals surface area contributed by atoms with Gasteiger partial charge in [-0.3, -0.25) is 14.9 Å². The number of anilines is 1. The monoisotopic (exact) mass is 280 g/mol. The Labute approximate surface area is 115 Å². The third-order valence-corrected chi connectivity index (χ3v) is 4.90. The van der Waals surface area contributed by atoms with E-state index in [2.05, 4.69) is 4.90 Å². The van der Waals surface area contributed by atoms with Crippen molar-refractivity contribution in [3.05, 3.63) is 21.1 Å². The first-order valence-corrected chi connectivity index (χ1v) is 7.43. The van der Waals surface area contributed by atoms with Crippen LogP contribution in [0.2, 0.25) is 0 Å². The zero-order valence-corrected chi connectivity index (χ0v) is 11.6. The van der Waals surface area contributed by atoms with Crippen LogP contribution in [0.5, 0.6) is 0 Å². The van der Waals surface area contributed by atoms with Gasteiger partial charge >= 0.3 is 5.69 Å². The predicted octanol–water partition coefficient (Wildman–Crippen LogP) is 3.24. The van der Waals surface area contributed by atoms with Gasteiger partial charge in [-0.2, -0.15) is 0 Å². The number of carbonyl (C=O) groups is 1. The molecule has 0 N–H and O–H groups in total. The summed E-state index contributed by atoms with van der Waals surface area (Å²) in [6.07, 6.45) is 4.66. The molecule has 0 aromatic carbocycles. The second-order valence-corrected chi connectivity index (χ2v) is 6.47. The lowest BCUT2D eigenvalue weighted by Crippen LogP contribution is -2.27. The summed E-state index contributed by atoms with van der Waals surface area (Å²) >= 11 is 1.28. The van der Waals surface area contributed by atoms with Crippen molar-refractivity contribution in [1.82, 2.24) is 0 Å². The highest BCUT2D eigenvalue weighted by atomic mass is 32.1. The molecule has 0 aliphatic heterocycles. The fourth-order valence-electron chi connectivity index (χ4n) is 2.24. The van der Waals surface area contributed by atoms with Crippen LogP contribution in [0.25, 0.3) is 0 Å². The number of rotatable bonds is 6. The van der Waals surface area contributed by atoms with E-state index in [0.29, 0.717) is 21.8 Å². The van der Waals surface area contributed by atoms with E-state index in [1.165, 1.54) is 37.2 Å². The van der Waals surface area contributed by atoms with E-state index in [4.69, 9.17) is 0 Å². The van der Waals surface area contributed by atoms with E-state index in [9.17, 15) is 14.9 Å². The van der Waals surface area contributed by atoms with Crippen molar-refractivity contribution in [2.24, 2.45) is 5.92 Å². The molecule has 102 valence electrons. The van der Waals surface area contributed by atoms with Gasteiger partial charge in [-0.25, -0.2) is 0 Å². The van der Waals surface area contributed by atoms with Crippen molar-refractivity contribution < 1.29 is 9.72 Å². The van der Waals surface area contributed by atoms with Crippen LogP contribution in [0, 0.1) is 16.0 Å². The summed E-state index contributed by atoms with van der Waals surface area (Å²) in [6.45, 7) is 2.37. The molecule has 0 saturated heterocycles. The van der Waals surface area contributed by atoms with Crippen LogP contribution in [0.15, 0.2) is 6.07 Å². The molecule has 0 radical (unpaired) electrons. The molecule has 1 aromatic heterocycles. The maximum atomic E-state index is 11.4. The van der Waals surface area contributed by atoms with Gasteiger partial charge in [-0.05, 0) is 38.5 Å². The molecule has 0 atom stereocenters. The third-order valence-electron chi connectivity index (χ3n) is 3.64. The Bertz CT molecular complexity index is 532. The smallest absolute Gasteiger partial charge is 0.304 e. The first-order chi connectivity index (χ1) is 9.06. The molecule has 2 aliphatic carbocycles. The number of hydrogen-bond donors (Lipinski definition) is 0. The van der Waals surface area contributed by atoms with Crippen LogP contribution in [0.4, 0.5) is 10.7 Å². The van der Waals surface area contributed by atoms with Crippen molar-refractivity contribution in [2.45, 2.75) is 38.6 Å². The number of nitrogens with zero attached hydrogens (tertiary/aromatic N) is 2. The number of thiophene rings is 1. The molecular weight excluding hydrogens is 264 g/mol. The van der Waals surface area contributed by atoms with Gasteiger partial charge in [0.2, 0.25) is 0 Å². The van der Waals surface area contributed by atoms with Crippen LogP contribution in [0.1, 0.15) is 42.3 Å². The Morgan fingerprint density at radius 3 is 2.63 bits per heavy atom. The zero-order chi connectivity index (χ0) is 13.6. The molecule has 0 amide bonds. The van der Waals surface area contributed by atoms with Crippen LogP contribution >= 0.6 is 11.3 Å². The molecule has 2 saturated carbocycles. The normalized spacial score (nSPS) is 18.4. The minimum atomic E-state index is -0.361. The molecular formula is C13H16N2O3S. The first kappa shape index (κ1) is 12.6. The number of ketones is 1. The number of nitro groups is 1. The molecule has 2 fully saturated rings. The van der Waals surface area contributed by atoms with Gasteiger partial charge in [0.25, 0.3) is 0 Å². The van der Waals surface area contributed by atoms with Gasteiger partial charge in [0.1, 0.15) is 0 Å². The number of hydrogen-bond acceptors (Lipinski definition) is 5. The van der Waals surface area contributed by atoms with Crippen molar-refractivity contribution in [2.75, 3.05) is 11.4 Å². The second-order valence-electron chi connectivity index (χ2n) is 5.44. The topological polar surface area (TPSA) is 63.4 Å². The summed E-state index contributed by atoms with van der Waals surface area (Å²) in [5.74, 6) is 0.588. The maximum Gasteiger partial charge on any atom is 0.304 e. The molecule has 2 aliphatic rings. The average molecular weight is 280 g/mol. The van der Waals surface area contributed by atoms with Crippen molar-refractivity contribution >= 4 is 27.8 Å². The maximum absolute atomic E-state index is 11.4. The van der Waals surface area contributed by atoms with Crippen LogP contribution in [-0.2, 0) is 0 Å². The molecule has 5 nitrogen and oxygen atoms in total. The van der Waals surface area contributed by atoms with Gasteiger partial charge < -0.3 is 4.90 Å². The summed E-state index contributed by atoms with van der Waals surface area (Å²) < 4.78 is 0. The summed E-state index contributed by atoms with van der Waals surface area (Å²) in [4.78, 5) is 24.9. The van der Waals surface area contributed by atoms with Gasteiger partial charge in [0, 0.05) is 18.7 Å². The zero-order valence-electron chi connectivity index (χ0n) is 10.8. The average Bonchev–Trinajstić information content (AvgIpc) is 3.23. The van der Waals surface area contributed by atoms with Crippen molar-refractivity contribution in [3.8, 4) is 0 Å². The van der Waals surface area contributed by atoms with Crippen LogP contribution in [0.3, 0.4) is 0 Å². The minimum absolute atomic E-state index is 0.0958. The number of Topliss-reactive ketones (excluding diaryl/α,β-unsaturated/α-hetero) is 1. The SMILES string of the molecule is CC(=O)c1cc([N+](=O)[O-])c(N(CC2CC2)C2CC2)s1. The summed E-state index contributed by atoms with van der Waals surface area (Å²) in [6, 6.07) is 1.88. The Kier molecular flexibility index (Phi) is 3.05. The predicted molar refractivity (Wildman–Crippen MR) is 74.1 cm³/mol. The molecule has 0 bridgehead atoms. The van der Waals surface area contributed by atoms with Crippen LogP contribution < -0.4 is 4.90 Å². The lowest BCUT2D eigenvalue weighted by atomic mass is 10.3. The van der Waals surface area contributed by atoms with Gasteiger partial charge in [0.05, 0.1) is 9.80 Å². The minimum Gasteiger partial charge on any atom is -0.355 e. The molecule has 1 aromatic rings. The molecule has 0 unspecified atom stereocenters. The molecule has 6 heteroatoms. The van der Waals surface area contributed by atoms with Gasteiger partial charge in [-0.1, -0.05) is 0 Å². The quantitative estimate of drug-likeness (QED) is 0.456. The van der Waals surface area contributed by atoms with Gasteiger partial charge in [0.15, 0.2) is 10.8 Å². The van der Waals surface area contributed by atoms with E-state index in [1.54, 1.807) is 0 Å². The summed E-state index contributed by atoms with van der Waals surface area (Å²) in [7, 11) is 0. The lowest BCUT2D eigenvalue weighted by molar-refractivity contribution is -0.383. The van der Waals surface area contributed by atoms with Crippen molar-refractivity contribution in [1.29, 1.82) is 0 Å². The molecule has 3 rings (SSSR count). The van der Waals surface area contributed by atoms with Gasteiger partial charge in [-0.15, -0.1) is 11.3 Å². The fourth-order valence-corrected chi connectivity index (χ4v) is 3.35. The second kappa shape index (κ2) is 4.59. The Hall–Kier alpha value is -1.43. The Morgan fingerprint density at radius 2 is 2.16 bits per heavy atom. The summed E-state index contributed by atoms with van der Waals surface area (Å²) in [5, 5.41) is 11.9. The molecule has 1 heterocycles. The van der Waals surface area contributed by atoms with E-state index >= 15 is 0 Å². The Balaban J connectivity index is 1.94.